The SMILES string of the molecule is CC(C)CN(CCN(C)C)c1cnnc(Cl)c1. The second kappa shape index (κ2) is 6.77. The van der Waals surface area contributed by atoms with E-state index in [0.717, 1.165) is 25.3 Å². The summed E-state index contributed by atoms with van der Waals surface area (Å²) in [7, 11) is 4.15. The van der Waals surface area contributed by atoms with Crippen molar-refractivity contribution >= 4 is 17.3 Å². The average molecular weight is 257 g/mol. The predicted octanol–water partition coefficient (Wildman–Crippen LogP) is 2.15. The molecule has 0 radical (unpaired) electrons. The van der Waals surface area contributed by atoms with Gasteiger partial charge in [0.15, 0.2) is 5.15 Å². The molecule has 17 heavy (non-hydrogen) atoms. The monoisotopic (exact) mass is 256 g/mol. The predicted molar refractivity (Wildman–Crippen MR) is 72.6 cm³/mol. The summed E-state index contributed by atoms with van der Waals surface area (Å²) < 4.78 is 0. The fourth-order valence-electron chi connectivity index (χ4n) is 1.59. The molecule has 0 saturated heterocycles. The molecular weight excluding hydrogens is 236 g/mol. The maximum atomic E-state index is 5.88. The third-order valence-electron chi connectivity index (χ3n) is 2.38. The minimum atomic E-state index is 0.445. The molecule has 0 aliphatic carbocycles. The standard InChI is InChI=1S/C12H21ClN4/c1-10(2)9-17(6-5-16(3)4)11-7-12(13)15-14-8-11/h7-8,10H,5-6,9H2,1-4H3. The Bertz CT molecular complexity index is 341. The van der Waals surface area contributed by atoms with Crippen LogP contribution in [-0.2, 0) is 0 Å². The van der Waals surface area contributed by atoms with Crippen LogP contribution in [-0.4, -0.2) is 48.8 Å². The zero-order chi connectivity index (χ0) is 12.8. The molecule has 1 rings (SSSR count). The minimum Gasteiger partial charge on any atom is -0.369 e. The van der Waals surface area contributed by atoms with E-state index in [9.17, 15) is 0 Å². The summed E-state index contributed by atoms with van der Waals surface area (Å²) >= 11 is 5.88. The lowest BCUT2D eigenvalue weighted by molar-refractivity contribution is 0.409. The first-order valence-corrected chi connectivity index (χ1v) is 6.24. The second-order valence-corrected chi connectivity index (χ2v) is 5.27. The van der Waals surface area contributed by atoms with E-state index in [1.54, 1.807) is 6.20 Å². The van der Waals surface area contributed by atoms with E-state index in [2.05, 4.69) is 47.9 Å². The molecule has 5 heteroatoms. The molecule has 1 aromatic rings. The van der Waals surface area contributed by atoms with Crippen molar-refractivity contribution in [2.45, 2.75) is 13.8 Å². The van der Waals surface area contributed by atoms with Crippen LogP contribution in [0.25, 0.3) is 0 Å². The van der Waals surface area contributed by atoms with Gasteiger partial charge in [-0.1, -0.05) is 25.4 Å². The van der Waals surface area contributed by atoms with Crippen molar-refractivity contribution in [3.63, 3.8) is 0 Å². The molecule has 0 amide bonds. The largest absolute Gasteiger partial charge is 0.369 e. The topological polar surface area (TPSA) is 32.3 Å². The highest BCUT2D eigenvalue weighted by Gasteiger charge is 2.10. The van der Waals surface area contributed by atoms with Gasteiger partial charge in [-0.2, -0.15) is 5.10 Å². The number of hydrogen-bond donors (Lipinski definition) is 0. The van der Waals surface area contributed by atoms with Crippen LogP contribution in [0.5, 0.6) is 0 Å². The van der Waals surface area contributed by atoms with E-state index in [4.69, 9.17) is 11.6 Å². The summed E-state index contributed by atoms with van der Waals surface area (Å²) in [5.74, 6) is 0.601. The lowest BCUT2D eigenvalue weighted by Gasteiger charge is -2.27. The number of anilines is 1. The molecule has 0 bridgehead atoms. The molecule has 0 fully saturated rings. The average Bonchev–Trinajstić information content (AvgIpc) is 2.23. The van der Waals surface area contributed by atoms with Gasteiger partial charge in [-0.05, 0) is 20.0 Å². The van der Waals surface area contributed by atoms with E-state index in [1.165, 1.54) is 0 Å². The fraction of sp³-hybridized carbons (Fsp3) is 0.667. The number of halogens is 1. The molecule has 1 heterocycles. The van der Waals surface area contributed by atoms with Gasteiger partial charge in [0.2, 0.25) is 0 Å². The first kappa shape index (κ1) is 14.2. The molecule has 0 N–H and O–H groups in total. The van der Waals surface area contributed by atoms with E-state index < -0.39 is 0 Å². The summed E-state index contributed by atoms with van der Waals surface area (Å²) in [5.41, 5.74) is 1.04. The first-order chi connectivity index (χ1) is 7.99. The smallest absolute Gasteiger partial charge is 0.153 e. The number of aromatic nitrogens is 2. The normalized spacial score (nSPS) is 11.2. The van der Waals surface area contributed by atoms with Crippen LogP contribution in [0.15, 0.2) is 12.3 Å². The van der Waals surface area contributed by atoms with E-state index in [1.807, 2.05) is 6.07 Å². The maximum Gasteiger partial charge on any atom is 0.153 e. The maximum absolute atomic E-state index is 5.88. The van der Waals surface area contributed by atoms with Crippen LogP contribution in [0.2, 0.25) is 5.15 Å². The Labute approximate surface area is 109 Å². The molecule has 0 saturated carbocycles. The summed E-state index contributed by atoms with van der Waals surface area (Å²) in [4.78, 5) is 4.47. The van der Waals surface area contributed by atoms with Crippen molar-refractivity contribution in [2.24, 2.45) is 5.92 Å². The third kappa shape index (κ3) is 5.33. The zero-order valence-electron chi connectivity index (χ0n) is 11.0. The van der Waals surface area contributed by atoms with Gasteiger partial charge in [-0.15, -0.1) is 5.10 Å². The van der Waals surface area contributed by atoms with Gasteiger partial charge >= 0.3 is 0 Å². The van der Waals surface area contributed by atoms with E-state index >= 15 is 0 Å². The van der Waals surface area contributed by atoms with Crippen molar-refractivity contribution in [2.75, 3.05) is 38.6 Å². The van der Waals surface area contributed by atoms with Crippen molar-refractivity contribution in [1.29, 1.82) is 0 Å². The fourth-order valence-corrected chi connectivity index (χ4v) is 1.75. The van der Waals surface area contributed by atoms with Crippen LogP contribution in [0, 0.1) is 5.92 Å². The summed E-state index contributed by atoms with van der Waals surface area (Å²) in [5, 5.41) is 8.12. The first-order valence-electron chi connectivity index (χ1n) is 5.87. The lowest BCUT2D eigenvalue weighted by atomic mass is 10.2. The van der Waals surface area contributed by atoms with Crippen molar-refractivity contribution in [1.82, 2.24) is 15.1 Å². The van der Waals surface area contributed by atoms with E-state index in [0.29, 0.717) is 11.1 Å². The van der Waals surface area contributed by atoms with Gasteiger partial charge in [0, 0.05) is 25.7 Å². The number of rotatable bonds is 6. The minimum absolute atomic E-state index is 0.445. The molecule has 0 spiro atoms. The van der Waals surface area contributed by atoms with Crippen molar-refractivity contribution < 1.29 is 0 Å². The number of nitrogens with zero attached hydrogens (tertiary/aromatic N) is 4. The molecule has 0 aliphatic rings. The molecule has 0 aliphatic heterocycles. The lowest BCUT2D eigenvalue weighted by Crippen LogP contribution is -2.34. The highest BCUT2D eigenvalue weighted by atomic mass is 35.5. The molecule has 0 atom stereocenters. The molecule has 4 nitrogen and oxygen atoms in total. The number of hydrogen-bond acceptors (Lipinski definition) is 4. The van der Waals surface area contributed by atoms with Gasteiger partial charge < -0.3 is 9.80 Å². The summed E-state index contributed by atoms with van der Waals surface area (Å²) in [6.45, 7) is 7.38. The second-order valence-electron chi connectivity index (χ2n) is 4.88. The molecule has 96 valence electrons. The van der Waals surface area contributed by atoms with Crippen LogP contribution in [0.1, 0.15) is 13.8 Å². The molecule has 1 aromatic heterocycles. The van der Waals surface area contributed by atoms with Gasteiger partial charge in [-0.25, -0.2) is 0 Å². The van der Waals surface area contributed by atoms with Crippen LogP contribution in [0.3, 0.4) is 0 Å². The zero-order valence-corrected chi connectivity index (χ0v) is 11.8. The quantitative estimate of drug-likeness (QED) is 0.781. The van der Waals surface area contributed by atoms with Crippen LogP contribution >= 0.6 is 11.6 Å². The van der Waals surface area contributed by atoms with Crippen molar-refractivity contribution in [3.8, 4) is 0 Å². The Kier molecular flexibility index (Phi) is 5.65. The van der Waals surface area contributed by atoms with E-state index in [-0.39, 0.29) is 0 Å². The molecule has 0 unspecified atom stereocenters. The van der Waals surface area contributed by atoms with Gasteiger partial charge in [0.25, 0.3) is 0 Å². The van der Waals surface area contributed by atoms with Gasteiger partial charge in [-0.3, -0.25) is 0 Å². The molecular formula is C12H21ClN4. The third-order valence-corrected chi connectivity index (χ3v) is 2.56. The van der Waals surface area contributed by atoms with Crippen molar-refractivity contribution in [3.05, 3.63) is 17.4 Å². The Balaban J connectivity index is 2.74. The Hall–Kier alpha value is -0.870. The summed E-state index contributed by atoms with van der Waals surface area (Å²) in [6, 6.07) is 1.87. The van der Waals surface area contributed by atoms with Crippen LogP contribution < -0.4 is 4.90 Å². The highest BCUT2D eigenvalue weighted by Crippen LogP contribution is 2.17. The Morgan fingerprint density at radius 2 is 2.00 bits per heavy atom. The molecule has 0 aromatic carbocycles. The number of likely N-dealkylation sites (N-methyl/N-ethyl adjacent to an activating group) is 1. The Morgan fingerprint density at radius 3 is 2.53 bits per heavy atom. The van der Waals surface area contributed by atoms with Gasteiger partial charge in [0.1, 0.15) is 0 Å². The van der Waals surface area contributed by atoms with Gasteiger partial charge in [0.05, 0.1) is 11.9 Å². The summed E-state index contributed by atoms with van der Waals surface area (Å²) in [6.07, 6.45) is 1.77. The Morgan fingerprint density at radius 1 is 1.29 bits per heavy atom. The highest BCUT2D eigenvalue weighted by molar-refractivity contribution is 6.29. The van der Waals surface area contributed by atoms with Crippen LogP contribution in [0.4, 0.5) is 5.69 Å².